The van der Waals surface area contributed by atoms with E-state index in [0.29, 0.717) is 36.1 Å². The van der Waals surface area contributed by atoms with Crippen molar-refractivity contribution in [2.45, 2.75) is 82.7 Å². The highest BCUT2D eigenvalue weighted by atomic mass is 32.2. The largest absolute Gasteiger partial charge is 0.478 e. The zero-order chi connectivity index (χ0) is 33.5. The fourth-order valence-corrected chi connectivity index (χ4v) is 6.64. The van der Waals surface area contributed by atoms with E-state index in [1.54, 1.807) is 24.4 Å². The molecule has 2 aliphatic rings. The highest BCUT2D eigenvalue weighted by Gasteiger charge is 2.42. The van der Waals surface area contributed by atoms with Crippen molar-refractivity contribution in [1.29, 1.82) is 0 Å². The third-order valence-corrected chi connectivity index (χ3v) is 10.3. The number of aromatic carboxylic acids is 1. The van der Waals surface area contributed by atoms with Crippen molar-refractivity contribution in [3.8, 4) is 17.1 Å². The minimum absolute atomic E-state index is 0.0587. The van der Waals surface area contributed by atoms with Crippen LogP contribution in [0.3, 0.4) is 0 Å². The number of carbonyl (C=O) groups is 1. The summed E-state index contributed by atoms with van der Waals surface area (Å²) in [5, 5.41) is 13.1. The Morgan fingerprint density at radius 1 is 1.02 bits per heavy atom. The first-order valence-electron chi connectivity index (χ1n) is 16.4. The van der Waals surface area contributed by atoms with Crippen molar-refractivity contribution in [2.75, 3.05) is 11.3 Å². The summed E-state index contributed by atoms with van der Waals surface area (Å²) >= 11 is 1.25. The molecule has 0 spiro atoms. The second-order valence-electron chi connectivity index (χ2n) is 13.8. The first-order chi connectivity index (χ1) is 23.1. The quantitative estimate of drug-likeness (QED) is 0.100. The molecule has 0 aliphatic heterocycles. The smallest absolute Gasteiger partial charge is 0.335 e. The molecule has 7 rings (SSSR count). The average molecular weight is 665 g/mol. The van der Waals surface area contributed by atoms with E-state index in [9.17, 15) is 9.90 Å². The molecule has 10 nitrogen and oxygen atoms in total. The molecule has 0 amide bonds. The topological polar surface area (TPSA) is 135 Å². The fourth-order valence-electron chi connectivity index (χ4n) is 6.00. The second-order valence-corrected chi connectivity index (χ2v) is 14.7. The number of anilines is 1. The lowest BCUT2D eigenvalue weighted by atomic mass is 9.99. The summed E-state index contributed by atoms with van der Waals surface area (Å²) < 4.78 is 15.7. The minimum atomic E-state index is -0.976. The molecule has 0 radical (unpaired) electrons. The van der Waals surface area contributed by atoms with Crippen molar-refractivity contribution in [3.63, 3.8) is 0 Å². The van der Waals surface area contributed by atoms with Crippen LogP contribution in [0.1, 0.15) is 78.9 Å². The lowest BCUT2D eigenvalue weighted by molar-refractivity contribution is 0.0696. The third-order valence-electron chi connectivity index (χ3n) is 9.51. The minimum Gasteiger partial charge on any atom is -0.478 e. The van der Waals surface area contributed by atoms with E-state index in [-0.39, 0.29) is 17.0 Å². The Kier molecular flexibility index (Phi) is 8.59. The Balaban J connectivity index is 1.09. The summed E-state index contributed by atoms with van der Waals surface area (Å²) in [6, 6.07) is 16.9. The van der Waals surface area contributed by atoms with Crippen LogP contribution >= 0.6 is 11.9 Å². The van der Waals surface area contributed by atoms with Crippen molar-refractivity contribution in [1.82, 2.24) is 25.3 Å². The van der Waals surface area contributed by atoms with E-state index in [4.69, 9.17) is 24.1 Å². The first-order valence-corrected chi connectivity index (χ1v) is 17.2. The van der Waals surface area contributed by atoms with Crippen LogP contribution in [0.25, 0.3) is 22.5 Å². The molecule has 3 heterocycles. The zero-order valence-electron chi connectivity index (χ0n) is 27.7. The number of hydrogen-bond acceptors (Lipinski definition) is 10. The molecule has 3 N–H and O–H groups in total. The number of aryl methyl sites for hydroxylation is 2. The van der Waals surface area contributed by atoms with E-state index in [0.717, 1.165) is 63.5 Å². The fraction of sp³-hybridized carbons (Fsp3) is 0.378. The van der Waals surface area contributed by atoms with Crippen LogP contribution < -0.4 is 14.8 Å². The van der Waals surface area contributed by atoms with Gasteiger partial charge in [-0.1, -0.05) is 38.1 Å². The number of fused-ring (bicyclic) bond motifs is 1. The summed E-state index contributed by atoms with van der Waals surface area (Å²) in [6.45, 7) is 9.64. The van der Waals surface area contributed by atoms with Gasteiger partial charge in [-0.25, -0.2) is 19.7 Å². The molecule has 2 fully saturated rings. The molecule has 0 bridgehead atoms. The Hall–Kier alpha value is -4.48. The number of hydrogen-bond donors (Lipinski definition) is 3. The predicted molar refractivity (Wildman–Crippen MR) is 186 cm³/mol. The first kappa shape index (κ1) is 32.1. The standard InChI is InChI=1S/C37H40N6O4S/c1-22-7-5-8-23(2)32(22)28-17-31(42-35(41-28)43-48-27-10-6-9-24(15-27)34(44)45)46-21-25(18-36(3)11-12-36)38-19-26-20-39-33-29(40-26)16-30(47-33)37(4)13-14-37/h5-10,15-17,20,25,38H,11-14,18-19,21H2,1-4H3,(H,44,45)(H,41,42,43). The van der Waals surface area contributed by atoms with Gasteiger partial charge in [-0.3, -0.25) is 4.72 Å². The average Bonchev–Trinajstić information content (AvgIpc) is 3.95. The molecule has 3 aromatic heterocycles. The lowest BCUT2D eigenvalue weighted by Gasteiger charge is -2.22. The van der Waals surface area contributed by atoms with Gasteiger partial charge in [0.05, 0.1) is 23.1 Å². The maximum absolute atomic E-state index is 11.5. The van der Waals surface area contributed by atoms with E-state index in [1.165, 1.54) is 24.8 Å². The summed E-state index contributed by atoms with van der Waals surface area (Å²) in [4.78, 5) is 31.2. The second kappa shape index (κ2) is 12.9. The van der Waals surface area contributed by atoms with Gasteiger partial charge in [-0.05, 0) is 92.6 Å². The van der Waals surface area contributed by atoms with Gasteiger partial charge in [0.2, 0.25) is 17.5 Å². The molecule has 2 aromatic carbocycles. The molecule has 0 saturated heterocycles. The van der Waals surface area contributed by atoms with Gasteiger partial charge < -0.3 is 19.6 Å². The van der Waals surface area contributed by atoms with Crippen LogP contribution in [0.5, 0.6) is 5.88 Å². The number of nitrogens with zero attached hydrogens (tertiary/aromatic N) is 4. The van der Waals surface area contributed by atoms with Crippen LogP contribution in [-0.4, -0.2) is 43.7 Å². The number of nitrogens with one attached hydrogen (secondary N) is 2. The third kappa shape index (κ3) is 7.32. The van der Waals surface area contributed by atoms with Gasteiger partial charge in [0.15, 0.2) is 0 Å². The molecule has 11 heteroatoms. The highest BCUT2D eigenvalue weighted by Crippen LogP contribution is 2.49. The number of benzene rings is 2. The molecule has 2 saturated carbocycles. The normalized spacial score (nSPS) is 16.4. The zero-order valence-corrected chi connectivity index (χ0v) is 28.5. The van der Waals surface area contributed by atoms with Crippen LogP contribution in [-0.2, 0) is 12.0 Å². The van der Waals surface area contributed by atoms with Crippen LogP contribution in [0, 0.1) is 19.3 Å². The number of aromatic nitrogens is 4. The number of rotatable bonds is 14. The summed E-state index contributed by atoms with van der Waals surface area (Å²) in [7, 11) is 0. The Labute approximate surface area is 284 Å². The van der Waals surface area contributed by atoms with Crippen LogP contribution in [0.2, 0.25) is 0 Å². The molecule has 2 aliphatic carbocycles. The number of ether oxygens (including phenoxy) is 1. The van der Waals surface area contributed by atoms with Gasteiger partial charge in [0.25, 0.3) is 0 Å². The van der Waals surface area contributed by atoms with E-state index in [2.05, 4.69) is 54.9 Å². The summed E-state index contributed by atoms with van der Waals surface area (Å²) in [6.07, 6.45) is 7.43. The van der Waals surface area contributed by atoms with Gasteiger partial charge in [0, 0.05) is 40.6 Å². The van der Waals surface area contributed by atoms with Crippen molar-refractivity contribution in [2.24, 2.45) is 5.41 Å². The van der Waals surface area contributed by atoms with E-state index >= 15 is 0 Å². The molecular weight excluding hydrogens is 625 g/mol. The summed E-state index contributed by atoms with van der Waals surface area (Å²) in [5.41, 5.74) is 6.85. The van der Waals surface area contributed by atoms with Gasteiger partial charge in [-0.15, -0.1) is 0 Å². The van der Waals surface area contributed by atoms with Crippen LogP contribution in [0.4, 0.5) is 5.95 Å². The van der Waals surface area contributed by atoms with Crippen LogP contribution in [0.15, 0.2) is 70.1 Å². The molecule has 1 atom stereocenters. The molecule has 5 aromatic rings. The lowest BCUT2D eigenvalue weighted by Crippen LogP contribution is -2.36. The van der Waals surface area contributed by atoms with E-state index in [1.807, 2.05) is 24.3 Å². The van der Waals surface area contributed by atoms with Crippen molar-refractivity contribution < 1.29 is 19.1 Å². The molecular formula is C37H40N6O4S. The monoisotopic (exact) mass is 664 g/mol. The van der Waals surface area contributed by atoms with E-state index < -0.39 is 5.97 Å². The Morgan fingerprint density at radius 2 is 1.79 bits per heavy atom. The highest BCUT2D eigenvalue weighted by molar-refractivity contribution is 8.00. The van der Waals surface area contributed by atoms with Crippen molar-refractivity contribution >= 4 is 35.1 Å². The molecule has 48 heavy (non-hydrogen) atoms. The Morgan fingerprint density at radius 3 is 2.52 bits per heavy atom. The van der Waals surface area contributed by atoms with Gasteiger partial charge in [0.1, 0.15) is 17.9 Å². The van der Waals surface area contributed by atoms with Gasteiger partial charge >= 0.3 is 5.97 Å². The maximum atomic E-state index is 11.5. The Bertz CT molecular complexity index is 1970. The molecule has 1 unspecified atom stereocenters. The van der Waals surface area contributed by atoms with Gasteiger partial charge in [-0.2, -0.15) is 4.98 Å². The molecule has 248 valence electrons. The number of furan rings is 1. The SMILES string of the molecule is Cc1cccc(C)c1-c1cc(OCC(CC2(C)CC2)NCc2cnc3oc(C4(C)CC4)cc3n2)nc(NSc2cccc(C(=O)O)c2)n1. The van der Waals surface area contributed by atoms with Crippen molar-refractivity contribution in [3.05, 3.63) is 88.9 Å². The number of carboxylic acid groups (broad SMARTS) is 1. The maximum Gasteiger partial charge on any atom is 0.335 e. The summed E-state index contributed by atoms with van der Waals surface area (Å²) in [5.74, 6) is 0.827. The predicted octanol–water partition coefficient (Wildman–Crippen LogP) is 7.89. The number of carboxylic acids is 1.